The monoisotopic (exact) mass is 333 g/mol. The normalized spacial score (nSPS) is 14.0. The van der Waals surface area contributed by atoms with Crippen molar-refractivity contribution >= 4 is 16.9 Å². The highest BCUT2D eigenvalue weighted by Crippen LogP contribution is 2.29. The fraction of sp³-hybridized carbons (Fsp3) is 0.333. The SMILES string of the molecule is CCc1ccc(CN(C(=O)Cc2c[nH]c3ncccc23)C2CC2)cc1. The van der Waals surface area contributed by atoms with Crippen molar-refractivity contribution in [3.05, 3.63) is 65.5 Å². The molecule has 1 amide bonds. The molecular weight excluding hydrogens is 310 g/mol. The van der Waals surface area contributed by atoms with E-state index >= 15 is 0 Å². The van der Waals surface area contributed by atoms with Gasteiger partial charge in [-0.2, -0.15) is 0 Å². The number of nitrogens with one attached hydrogen (secondary N) is 1. The van der Waals surface area contributed by atoms with Crippen molar-refractivity contribution in [3.63, 3.8) is 0 Å². The first-order valence-corrected chi connectivity index (χ1v) is 9.03. The summed E-state index contributed by atoms with van der Waals surface area (Å²) in [4.78, 5) is 22.5. The van der Waals surface area contributed by atoms with Crippen LogP contribution < -0.4 is 0 Å². The zero-order valence-electron chi connectivity index (χ0n) is 14.5. The molecule has 0 spiro atoms. The number of nitrogens with zero attached hydrogens (tertiary/aromatic N) is 2. The minimum Gasteiger partial charge on any atom is -0.346 e. The van der Waals surface area contributed by atoms with Crippen LogP contribution in [0.25, 0.3) is 11.0 Å². The summed E-state index contributed by atoms with van der Waals surface area (Å²) in [7, 11) is 0. The summed E-state index contributed by atoms with van der Waals surface area (Å²) >= 11 is 0. The second-order valence-corrected chi connectivity index (χ2v) is 6.81. The van der Waals surface area contributed by atoms with E-state index in [0.29, 0.717) is 19.0 Å². The zero-order chi connectivity index (χ0) is 17.2. The molecule has 4 nitrogen and oxygen atoms in total. The Morgan fingerprint density at radius 1 is 1.20 bits per heavy atom. The number of pyridine rings is 1. The smallest absolute Gasteiger partial charge is 0.227 e. The maximum atomic E-state index is 13.0. The van der Waals surface area contributed by atoms with Gasteiger partial charge >= 0.3 is 0 Å². The Bertz CT molecular complexity index is 878. The molecule has 0 bridgehead atoms. The van der Waals surface area contributed by atoms with Gasteiger partial charge in [-0.1, -0.05) is 31.2 Å². The average molecular weight is 333 g/mol. The highest BCUT2D eigenvalue weighted by Gasteiger charge is 2.32. The number of benzene rings is 1. The van der Waals surface area contributed by atoms with Gasteiger partial charge in [0.05, 0.1) is 6.42 Å². The third kappa shape index (κ3) is 3.43. The first kappa shape index (κ1) is 15.9. The van der Waals surface area contributed by atoms with Crippen LogP contribution in [-0.2, 0) is 24.2 Å². The summed E-state index contributed by atoms with van der Waals surface area (Å²) in [5, 5.41) is 1.04. The molecule has 1 fully saturated rings. The van der Waals surface area contributed by atoms with Crippen LogP contribution >= 0.6 is 0 Å². The van der Waals surface area contributed by atoms with Gasteiger partial charge in [0.2, 0.25) is 5.91 Å². The number of rotatable bonds is 6. The molecule has 0 saturated heterocycles. The molecule has 1 aliphatic rings. The standard InChI is InChI=1S/C21H23N3O/c1-2-15-5-7-16(8-6-15)14-24(18-9-10-18)20(25)12-17-13-23-21-19(17)4-3-11-22-21/h3-8,11,13,18H,2,9-10,12,14H2,1H3,(H,22,23). The van der Waals surface area contributed by atoms with Crippen LogP contribution in [0.3, 0.4) is 0 Å². The lowest BCUT2D eigenvalue weighted by molar-refractivity contribution is -0.131. The fourth-order valence-corrected chi connectivity index (χ4v) is 3.31. The molecule has 25 heavy (non-hydrogen) atoms. The molecule has 3 aromatic rings. The molecule has 4 heteroatoms. The summed E-state index contributed by atoms with van der Waals surface area (Å²) < 4.78 is 0. The van der Waals surface area contributed by atoms with Gasteiger partial charge in [0.1, 0.15) is 5.65 Å². The van der Waals surface area contributed by atoms with E-state index in [-0.39, 0.29) is 5.91 Å². The van der Waals surface area contributed by atoms with E-state index in [1.54, 1.807) is 6.20 Å². The van der Waals surface area contributed by atoms with Crippen LogP contribution in [0.2, 0.25) is 0 Å². The Balaban J connectivity index is 1.51. The zero-order valence-corrected chi connectivity index (χ0v) is 14.5. The van der Waals surface area contributed by atoms with Crippen molar-refractivity contribution in [3.8, 4) is 0 Å². The minimum absolute atomic E-state index is 0.201. The third-order valence-electron chi connectivity index (χ3n) is 4.97. The van der Waals surface area contributed by atoms with Crippen LogP contribution in [0.15, 0.2) is 48.8 Å². The highest BCUT2D eigenvalue weighted by atomic mass is 16.2. The van der Waals surface area contributed by atoms with Crippen LogP contribution in [0.5, 0.6) is 0 Å². The Kier molecular flexibility index (Phi) is 4.26. The summed E-state index contributed by atoms with van der Waals surface area (Å²) in [5.41, 5.74) is 4.41. The quantitative estimate of drug-likeness (QED) is 0.745. The third-order valence-corrected chi connectivity index (χ3v) is 4.97. The van der Waals surface area contributed by atoms with Gasteiger partial charge in [-0.25, -0.2) is 4.98 Å². The first-order chi connectivity index (χ1) is 12.2. The van der Waals surface area contributed by atoms with Gasteiger partial charge in [-0.3, -0.25) is 4.79 Å². The van der Waals surface area contributed by atoms with Crippen molar-refractivity contribution < 1.29 is 4.79 Å². The van der Waals surface area contributed by atoms with E-state index in [0.717, 1.165) is 35.9 Å². The Hall–Kier alpha value is -2.62. The summed E-state index contributed by atoms with van der Waals surface area (Å²) in [6.07, 6.45) is 7.38. The molecule has 1 saturated carbocycles. The van der Waals surface area contributed by atoms with Gasteiger partial charge in [0, 0.05) is 30.4 Å². The number of hydrogen-bond donors (Lipinski definition) is 1. The van der Waals surface area contributed by atoms with E-state index in [1.807, 2.05) is 18.3 Å². The first-order valence-electron chi connectivity index (χ1n) is 9.03. The molecule has 0 unspecified atom stereocenters. The molecule has 128 valence electrons. The number of aromatic amines is 1. The Morgan fingerprint density at radius 2 is 1.96 bits per heavy atom. The summed E-state index contributed by atoms with van der Waals surface area (Å²) in [6.45, 7) is 2.86. The molecule has 0 atom stereocenters. The highest BCUT2D eigenvalue weighted by molar-refractivity contribution is 5.87. The molecule has 0 aliphatic heterocycles. The molecule has 2 heterocycles. The van der Waals surface area contributed by atoms with Gasteiger partial charge in [0.25, 0.3) is 0 Å². The van der Waals surface area contributed by atoms with Gasteiger partial charge < -0.3 is 9.88 Å². The predicted molar refractivity (Wildman–Crippen MR) is 99.2 cm³/mol. The van der Waals surface area contributed by atoms with Crippen LogP contribution in [0, 0.1) is 0 Å². The largest absolute Gasteiger partial charge is 0.346 e. The van der Waals surface area contributed by atoms with E-state index in [9.17, 15) is 4.79 Å². The molecular formula is C21H23N3O. The summed E-state index contributed by atoms with van der Waals surface area (Å²) in [6, 6.07) is 13.0. The number of aromatic nitrogens is 2. The number of carbonyl (C=O) groups is 1. The summed E-state index contributed by atoms with van der Waals surface area (Å²) in [5.74, 6) is 0.201. The van der Waals surface area contributed by atoms with Crippen molar-refractivity contribution in [2.24, 2.45) is 0 Å². The number of fused-ring (bicyclic) bond motifs is 1. The lowest BCUT2D eigenvalue weighted by atomic mass is 10.1. The van der Waals surface area contributed by atoms with Crippen molar-refractivity contribution in [2.75, 3.05) is 0 Å². The van der Waals surface area contributed by atoms with Crippen LogP contribution in [0.1, 0.15) is 36.5 Å². The van der Waals surface area contributed by atoms with Crippen molar-refractivity contribution in [1.82, 2.24) is 14.9 Å². The number of carbonyl (C=O) groups excluding carboxylic acids is 1. The topological polar surface area (TPSA) is 49.0 Å². The number of aryl methyl sites for hydroxylation is 1. The second kappa shape index (κ2) is 6.71. The van der Waals surface area contributed by atoms with Gasteiger partial charge in [-0.05, 0) is 48.1 Å². The molecule has 1 aliphatic carbocycles. The van der Waals surface area contributed by atoms with E-state index in [4.69, 9.17) is 0 Å². The predicted octanol–water partition coefficient (Wildman–Crippen LogP) is 3.86. The minimum atomic E-state index is 0.201. The molecule has 0 radical (unpaired) electrons. The van der Waals surface area contributed by atoms with Crippen LogP contribution in [0.4, 0.5) is 0 Å². The van der Waals surface area contributed by atoms with Gasteiger partial charge in [-0.15, -0.1) is 0 Å². The Morgan fingerprint density at radius 3 is 2.68 bits per heavy atom. The Labute approximate surface area is 147 Å². The molecule has 2 aromatic heterocycles. The lowest BCUT2D eigenvalue weighted by Crippen LogP contribution is -2.33. The van der Waals surface area contributed by atoms with E-state index in [2.05, 4.69) is 46.1 Å². The van der Waals surface area contributed by atoms with Crippen molar-refractivity contribution in [2.45, 2.75) is 45.2 Å². The number of amides is 1. The number of H-pyrrole nitrogens is 1. The average Bonchev–Trinajstić information content (AvgIpc) is 3.42. The van der Waals surface area contributed by atoms with Crippen LogP contribution in [-0.4, -0.2) is 26.8 Å². The molecule has 1 N–H and O–H groups in total. The van der Waals surface area contributed by atoms with Gasteiger partial charge in [0.15, 0.2) is 0 Å². The number of hydrogen-bond acceptors (Lipinski definition) is 2. The van der Waals surface area contributed by atoms with E-state index in [1.165, 1.54) is 11.1 Å². The molecule has 1 aromatic carbocycles. The van der Waals surface area contributed by atoms with Crippen molar-refractivity contribution in [1.29, 1.82) is 0 Å². The van der Waals surface area contributed by atoms with E-state index < -0.39 is 0 Å². The lowest BCUT2D eigenvalue weighted by Gasteiger charge is -2.22. The maximum Gasteiger partial charge on any atom is 0.227 e. The maximum absolute atomic E-state index is 13.0. The second-order valence-electron chi connectivity index (χ2n) is 6.81. The molecule has 4 rings (SSSR count). The fourth-order valence-electron chi connectivity index (χ4n) is 3.31.